The topological polar surface area (TPSA) is 59.0 Å². The predicted molar refractivity (Wildman–Crippen MR) is 63.0 cm³/mol. The molecular weight excluding hydrogens is 204 g/mol. The molecule has 0 radical (unpaired) electrons. The average molecular weight is 224 g/mol. The van der Waals surface area contributed by atoms with Gasteiger partial charge < -0.3 is 10.6 Å². The number of rotatable bonds is 6. The van der Waals surface area contributed by atoms with Gasteiger partial charge in [-0.3, -0.25) is 9.48 Å². The van der Waals surface area contributed by atoms with E-state index in [0.717, 1.165) is 13.1 Å². The molecule has 0 aliphatic heterocycles. The Bertz CT molecular complexity index is 334. The minimum absolute atomic E-state index is 0.00764. The van der Waals surface area contributed by atoms with Gasteiger partial charge in [-0.2, -0.15) is 5.10 Å². The van der Waals surface area contributed by atoms with E-state index in [4.69, 9.17) is 0 Å². The predicted octanol–water partition coefficient (Wildman–Crippen LogP) is 0.690. The normalized spacial score (nSPS) is 12.4. The lowest BCUT2D eigenvalue weighted by Gasteiger charge is -2.11. The summed E-state index contributed by atoms with van der Waals surface area (Å²) < 4.78 is 1.90. The summed E-state index contributed by atoms with van der Waals surface area (Å²) in [6.07, 6.45) is 3.91. The summed E-state index contributed by atoms with van der Waals surface area (Å²) in [4.78, 5) is 10.6. The molecule has 1 aromatic rings. The van der Waals surface area contributed by atoms with Crippen LogP contribution in [0.1, 0.15) is 32.4 Å². The lowest BCUT2D eigenvalue weighted by Crippen LogP contribution is -2.31. The second-order valence-electron chi connectivity index (χ2n) is 3.79. The van der Waals surface area contributed by atoms with Crippen LogP contribution in [-0.2, 0) is 11.3 Å². The van der Waals surface area contributed by atoms with Gasteiger partial charge in [0.25, 0.3) is 0 Å². The van der Waals surface area contributed by atoms with Crippen LogP contribution in [0.25, 0.3) is 0 Å². The maximum absolute atomic E-state index is 10.6. The van der Waals surface area contributed by atoms with Gasteiger partial charge in [-0.1, -0.05) is 0 Å². The van der Waals surface area contributed by atoms with E-state index in [2.05, 4.69) is 29.6 Å². The van der Waals surface area contributed by atoms with Crippen molar-refractivity contribution < 1.29 is 4.79 Å². The van der Waals surface area contributed by atoms with E-state index >= 15 is 0 Å². The quantitative estimate of drug-likeness (QED) is 0.699. The van der Waals surface area contributed by atoms with Gasteiger partial charge in [0.15, 0.2) is 0 Å². The van der Waals surface area contributed by atoms with Gasteiger partial charge in [0, 0.05) is 44.4 Å². The van der Waals surface area contributed by atoms with Crippen molar-refractivity contribution in [3.63, 3.8) is 0 Å². The zero-order valence-electron chi connectivity index (χ0n) is 10.2. The second kappa shape index (κ2) is 6.27. The Labute approximate surface area is 96.2 Å². The standard InChI is InChI=1S/C11H20N4O/c1-4-15-8-11(7-14-15)9(2)12-5-6-13-10(3)16/h7-9,12H,4-6H2,1-3H3,(H,13,16). The Morgan fingerprint density at radius 2 is 2.31 bits per heavy atom. The van der Waals surface area contributed by atoms with Crippen LogP contribution < -0.4 is 10.6 Å². The largest absolute Gasteiger partial charge is 0.355 e. The molecule has 1 amide bonds. The number of amides is 1. The molecular formula is C11H20N4O. The summed E-state index contributed by atoms with van der Waals surface area (Å²) in [5, 5.41) is 10.3. The van der Waals surface area contributed by atoms with Gasteiger partial charge in [-0.05, 0) is 13.8 Å². The third-order valence-electron chi connectivity index (χ3n) is 2.43. The van der Waals surface area contributed by atoms with Crippen LogP contribution in [0.15, 0.2) is 12.4 Å². The molecule has 16 heavy (non-hydrogen) atoms. The number of nitrogens with one attached hydrogen (secondary N) is 2. The number of aromatic nitrogens is 2. The van der Waals surface area contributed by atoms with Crippen LogP contribution in [0.4, 0.5) is 0 Å². The van der Waals surface area contributed by atoms with Gasteiger partial charge in [0.2, 0.25) is 5.91 Å². The fourth-order valence-corrected chi connectivity index (χ4v) is 1.42. The third-order valence-corrected chi connectivity index (χ3v) is 2.43. The number of aryl methyl sites for hydroxylation is 1. The van der Waals surface area contributed by atoms with Crippen molar-refractivity contribution in [2.45, 2.75) is 33.4 Å². The van der Waals surface area contributed by atoms with E-state index in [9.17, 15) is 4.79 Å². The fraction of sp³-hybridized carbons (Fsp3) is 0.636. The van der Waals surface area contributed by atoms with Crippen LogP contribution in [0.3, 0.4) is 0 Å². The summed E-state index contributed by atoms with van der Waals surface area (Å²) in [6.45, 7) is 7.98. The zero-order chi connectivity index (χ0) is 12.0. The number of carbonyl (C=O) groups is 1. The highest BCUT2D eigenvalue weighted by Crippen LogP contribution is 2.09. The van der Waals surface area contributed by atoms with Gasteiger partial charge in [0.05, 0.1) is 6.20 Å². The summed E-state index contributed by atoms with van der Waals surface area (Å²) in [6, 6.07) is 0.258. The minimum Gasteiger partial charge on any atom is -0.355 e. The molecule has 1 aromatic heterocycles. The van der Waals surface area contributed by atoms with Crippen molar-refractivity contribution in [2.75, 3.05) is 13.1 Å². The highest BCUT2D eigenvalue weighted by molar-refractivity contribution is 5.72. The van der Waals surface area contributed by atoms with E-state index < -0.39 is 0 Å². The van der Waals surface area contributed by atoms with Crippen LogP contribution in [0.2, 0.25) is 0 Å². The summed E-state index contributed by atoms with van der Waals surface area (Å²) in [5.74, 6) is 0.00764. The second-order valence-corrected chi connectivity index (χ2v) is 3.79. The first-order valence-electron chi connectivity index (χ1n) is 5.63. The molecule has 5 heteroatoms. The minimum atomic E-state index is 0.00764. The molecule has 0 aliphatic rings. The molecule has 5 nitrogen and oxygen atoms in total. The van der Waals surface area contributed by atoms with E-state index in [1.807, 2.05) is 17.1 Å². The van der Waals surface area contributed by atoms with Crippen molar-refractivity contribution in [3.8, 4) is 0 Å². The lowest BCUT2D eigenvalue weighted by atomic mass is 10.2. The first-order valence-corrected chi connectivity index (χ1v) is 5.63. The van der Waals surface area contributed by atoms with Crippen molar-refractivity contribution in [3.05, 3.63) is 18.0 Å². The molecule has 0 spiro atoms. The summed E-state index contributed by atoms with van der Waals surface area (Å²) in [5.41, 5.74) is 1.17. The molecule has 0 aliphatic carbocycles. The van der Waals surface area contributed by atoms with E-state index in [1.54, 1.807) is 0 Å². The molecule has 0 fully saturated rings. The maximum atomic E-state index is 10.6. The lowest BCUT2D eigenvalue weighted by molar-refractivity contribution is -0.118. The number of hydrogen-bond donors (Lipinski definition) is 2. The van der Waals surface area contributed by atoms with Crippen LogP contribution in [-0.4, -0.2) is 28.8 Å². The smallest absolute Gasteiger partial charge is 0.216 e. The molecule has 0 bridgehead atoms. The van der Waals surface area contributed by atoms with Gasteiger partial charge in [-0.15, -0.1) is 0 Å². The molecule has 0 aromatic carbocycles. The van der Waals surface area contributed by atoms with Gasteiger partial charge in [0.1, 0.15) is 0 Å². The van der Waals surface area contributed by atoms with Gasteiger partial charge in [-0.25, -0.2) is 0 Å². The molecule has 90 valence electrons. The molecule has 0 saturated carbocycles. The van der Waals surface area contributed by atoms with Crippen molar-refractivity contribution in [1.29, 1.82) is 0 Å². The molecule has 1 atom stereocenters. The van der Waals surface area contributed by atoms with Crippen molar-refractivity contribution >= 4 is 5.91 Å². The first-order chi connectivity index (χ1) is 7.63. The summed E-state index contributed by atoms with van der Waals surface area (Å²) in [7, 11) is 0. The fourth-order valence-electron chi connectivity index (χ4n) is 1.42. The zero-order valence-corrected chi connectivity index (χ0v) is 10.2. The Balaban J connectivity index is 2.29. The molecule has 1 rings (SSSR count). The third kappa shape index (κ3) is 4.02. The van der Waals surface area contributed by atoms with Crippen molar-refractivity contribution in [2.24, 2.45) is 0 Å². The number of nitrogens with zero attached hydrogens (tertiary/aromatic N) is 2. The van der Waals surface area contributed by atoms with Crippen molar-refractivity contribution in [1.82, 2.24) is 20.4 Å². The molecule has 2 N–H and O–H groups in total. The molecule has 0 saturated heterocycles. The molecule has 1 heterocycles. The Kier molecular flexibility index (Phi) is 4.98. The number of carbonyl (C=O) groups excluding carboxylic acids is 1. The monoisotopic (exact) mass is 224 g/mol. The highest BCUT2D eigenvalue weighted by Gasteiger charge is 2.06. The first kappa shape index (κ1) is 12.7. The van der Waals surface area contributed by atoms with Crippen LogP contribution >= 0.6 is 0 Å². The van der Waals surface area contributed by atoms with E-state index in [0.29, 0.717) is 6.54 Å². The Hall–Kier alpha value is -1.36. The van der Waals surface area contributed by atoms with Crippen LogP contribution in [0.5, 0.6) is 0 Å². The van der Waals surface area contributed by atoms with Crippen LogP contribution in [0, 0.1) is 0 Å². The SMILES string of the molecule is CCn1cc(C(C)NCCNC(C)=O)cn1. The highest BCUT2D eigenvalue weighted by atomic mass is 16.1. The number of hydrogen-bond acceptors (Lipinski definition) is 3. The van der Waals surface area contributed by atoms with E-state index in [1.165, 1.54) is 12.5 Å². The molecule has 1 unspecified atom stereocenters. The Morgan fingerprint density at radius 1 is 1.56 bits per heavy atom. The van der Waals surface area contributed by atoms with E-state index in [-0.39, 0.29) is 11.9 Å². The average Bonchev–Trinajstić information content (AvgIpc) is 2.72. The summed E-state index contributed by atoms with van der Waals surface area (Å²) >= 11 is 0. The maximum Gasteiger partial charge on any atom is 0.216 e. The Morgan fingerprint density at radius 3 is 2.88 bits per heavy atom. The van der Waals surface area contributed by atoms with Gasteiger partial charge >= 0.3 is 0 Å².